The van der Waals surface area contributed by atoms with E-state index in [9.17, 15) is 0 Å². The van der Waals surface area contributed by atoms with E-state index >= 15 is 0 Å². The van der Waals surface area contributed by atoms with Crippen molar-refractivity contribution in [1.82, 2.24) is 15.5 Å². The molecule has 2 rings (SSSR count). The van der Waals surface area contributed by atoms with Crippen molar-refractivity contribution in [2.75, 3.05) is 39.4 Å². The lowest BCUT2D eigenvalue weighted by molar-refractivity contribution is 0.146. The van der Waals surface area contributed by atoms with Crippen molar-refractivity contribution in [3.05, 3.63) is 34.3 Å². The predicted octanol–water partition coefficient (Wildman–Crippen LogP) is 4.01. The Morgan fingerprint density at radius 2 is 1.93 bits per heavy atom. The maximum atomic E-state index is 5.37. The Kier molecular flexibility index (Phi) is 13.3. The van der Waals surface area contributed by atoms with E-state index in [1.165, 1.54) is 5.56 Å². The molecular formula is C20H34BrIN4O. The molecule has 1 aromatic rings. The van der Waals surface area contributed by atoms with Gasteiger partial charge in [0.1, 0.15) is 0 Å². The first-order valence-electron chi connectivity index (χ1n) is 9.80. The van der Waals surface area contributed by atoms with Crippen LogP contribution in [0, 0.1) is 0 Å². The molecular weight excluding hydrogens is 519 g/mol. The van der Waals surface area contributed by atoms with E-state index < -0.39 is 0 Å². The highest BCUT2D eigenvalue weighted by molar-refractivity contribution is 14.0. The van der Waals surface area contributed by atoms with Crippen molar-refractivity contribution >= 4 is 45.9 Å². The van der Waals surface area contributed by atoms with E-state index in [4.69, 9.17) is 4.74 Å². The third-order valence-corrected chi connectivity index (χ3v) is 5.04. The van der Waals surface area contributed by atoms with Crippen LogP contribution in [-0.2, 0) is 11.3 Å². The van der Waals surface area contributed by atoms with Gasteiger partial charge in [0.2, 0.25) is 0 Å². The molecule has 0 aliphatic carbocycles. The molecule has 0 amide bonds. The largest absolute Gasteiger partial charge is 0.382 e. The van der Waals surface area contributed by atoms with Crippen molar-refractivity contribution in [3.8, 4) is 0 Å². The topological polar surface area (TPSA) is 48.9 Å². The summed E-state index contributed by atoms with van der Waals surface area (Å²) < 4.78 is 6.51. The Balaban J connectivity index is 0.00000364. The Morgan fingerprint density at radius 1 is 1.22 bits per heavy atom. The highest BCUT2D eigenvalue weighted by atomic mass is 127. The summed E-state index contributed by atoms with van der Waals surface area (Å²) in [6, 6.07) is 9.14. The maximum absolute atomic E-state index is 5.37. The minimum atomic E-state index is 0. The van der Waals surface area contributed by atoms with Gasteiger partial charge in [0, 0.05) is 56.5 Å². The van der Waals surface area contributed by atoms with Gasteiger partial charge in [-0.25, -0.2) is 0 Å². The highest BCUT2D eigenvalue weighted by Gasteiger charge is 2.20. The molecule has 7 heteroatoms. The minimum Gasteiger partial charge on any atom is -0.382 e. The van der Waals surface area contributed by atoms with Crippen LogP contribution in [0.15, 0.2) is 33.7 Å². The summed E-state index contributed by atoms with van der Waals surface area (Å²) in [4.78, 5) is 7.21. The third-order valence-electron chi connectivity index (χ3n) is 4.51. The quantitative estimate of drug-likeness (QED) is 0.210. The van der Waals surface area contributed by atoms with Crippen LogP contribution in [0.4, 0.5) is 0 Å². The Bertz CT molecular complexity index is 533. The number of halogens is 2. The SMILES string of the molecule is CCNC(=NCCCOCC)NC1CCN(Cc2ccc(Br)cc2)CC1.I. The number of hydrogen-bond donors (Lipinski definition) is 2. The molecule has 1 fully saturated rings. The van der Waals surface area contributed by atoms with Gasteiger partial charge >= 0.3 is 0 Å². The molecule has 1 saturated heterocycles. The molecule has 1 aromatic carbocycles. The Labute approximate surface area is 189 Å². The number of piperidine rings is 1. The molecule has 0 atom stereocenters. The molecule has 2 N–H and O–H groups in total. The molecule has 1 aliphatic heterocycles. The van der Waals surface area contributed by atoms with Crippen molar-refractivity contribution in [2.24, 2.45) is 4.99 Å². The van der Waals surface area contributed by atoms with Crippen LogP contribution in [0.5, 0.6) is 0 Å². The summed E-state index contributed by atoms with van der Waals surface area (Å²) >= 11 is 3.50. The van der Waals surface area contributed by atoms with Crippen molar-refractivity contribution < 1.29 is 4.74 Å². The molecule has 154 valence electrons. The van der Waals surface area contributed by atoms with E-state index in [0.29, 0.717) is 6.04 Å². The molecule has 0 aromatic heterocycles. The number of hydrogen-bond acceptors (Lipinski definition) is 3. The average Bonchev–Trinajstić information content (AvgIpc) is 2.65. The first-order valence-corrected chi connectivity index (χ1v) is 10.6. The first-order chi connectivity index (χ1) is 12.7. The van der Waals surface area contributed by atoms with E-state index in [0.717, 1.165) is 75.6 Å². The minimum absolute atomic E-state index is 0. The lowest BCUT2D eigenvalue weighted by Gasteiger charge is -2.33. The number of ether oxygens (including phenoxy) is 1. The van der Waals surface area contributed by atoms with Crippen LogP contribution < -0.4 is 10.6 Å². The summed E-state index contributed by atoms with van der Waals surface area (Å²) in [5, 5.41) is 6.96. The Hall–Kier alpha value is -0.380. The molecule has 0 unspecified atom stereocenters. The summed E-state index contributed by atoms with van der Waals surface area (Å²) in [5.74, 6) is 0.940. The van der Waals surface area contributed by atoms with Gasteiger partial charge in [-0.15, -0.1) is 24.0 Å². The van der Waals surface area contributed by atoms with E-state index in [-0.39, 0.29) is 24.0 Å². The van der Waals surface area contributed by atoms with E-state index in [1.54, 1.807) is 0 Å². The van der Waals surface area contributed by atoms with Crippen LogP contribution >= 0.6 is 39.9 Å². The predicted molar refractivity (Wildman–Crippen MR) is 128 cm³/mol. The van der Waals surface area contributed by atoms with E-state index in [1.807, 2.05) is 6.92 Å². The van der Waals surface area contributed by atoms with Crippen LogP contribution in [0.3, 0.4) is 0 Å². The molecule has 0 bridgehead atoms. The first kappa shape index (κ1) is 24.7. The van der Waals surface area contributed by atoms with Crippen LogP contribution in [-0.4, -0.2) is 56.3 Å². The average molecular weight is 553 g/mol. The molecule has 1 aliphatic rings. The second kappa shape index (κ2) is 14.6. The zero-order valence-corrected chi connectivity index (χ0v) is 20.5. The van der Waals surface area contributed by atoms with Crippen molar-refractivity contribution in [2.45, 2.75) is 45.7 Å². The number of nitrogens with zero attached hydrogens (tertiary/aromatic N) is 2. The monoisotopic (exact) mass is 552 g/mol. The lowest BCUT2D eigenvalue weighted by atomic mass is 10.0. The van der Waals surface area contributed by atoms with Gasteiger partial charge in [-0.05, 0) is 50.8 Å². The summed E-state index contributed by atoms with van der Waals surface area (Å²) in [6.45, 7) is 10.7. The summed E-state index contributed by atoms with van der Waals surface area (Å²) in [6.07, 6.45) is 3.27. The second-order valence-electron chi connectivity index (χ2n) is 6.63. The number of nitrogens with one attached hydrogen (secondary N) is 2. The fraction of sp³-hybridized carbons (Fsp3) is 0.650. The lowest BCUT2D eigenvalue weighted by Crippen LogP contribution is -2.48. The number of guanidine groups is 1. The van der Waals surface area contributed by atoms with Gasteiger partial charge in [-0.1, -0.05) is 28.1 Å². The number of likely N-dealkylation sites (tertiary alicyclic amines) is 1. The molecule has 1 heterocycles. The second-order valence-corrected chi connectivity index (χ2v) is 7.55. The zero-order chi connectivity index (χ0) is 18.6. The molecule has 0 saturated carbocycles. The van der Waals surface area contributed by atoms with Crippen LogP contribution in [0.2, 0.25) is 0 Å². The van der Waals surface area contributed by atoms with Crippen molar-refractivity contribution in [3.63, 3.8) is 0 Å². The van der Waals surface area contributed by atoms with Gasteiger partial charge in [0.25, 0.3) is 0 Å². The van der Waals surface area contributed by atoms with E-state index in [2.05, 4.69) is 67.6 Å². The molecule has 5 nitrogen and oxygen atoms in total. The molecule has 0 spiro atoms. The number of benzene rings is 1. The van der Waals surface area contributed by atoms with Gasteiger partial charge in [0.15, 0.2) is 5.96 Å². The zero-order valence-electron chi connectivity index (χ0n) is 16.5. The fourth-order valence-electron chi connectivity index (χ4n) is 3.10. The number of aliphatic imine (C=N–C) groups is 1. The standard InChI is InChI=1S/C20H33BrN4O.HI/c1-3-22-20(23-12-5-15-26-4-2)24-19-10-13-25(14-11-19)16-17-6-8-18(21)9-7-17;/h6-9,19H,3-5,10-16H2,1-2H3,(H2,22,23,24);1H. The smallest absolute Gasteiger partial charge is 0.191 e. The number of rotatable bonds is 9. The fourth-order valence-corrected chi connectivity index (χ4v) is 3.36. The van der Waals surface area contributed by atoms with Gasteiger partial charge in [0.05, 0.1) is 0 Å². The van der Waals surface area contributed by atoms with Gasteiger partial charge < -0.3 is 15.4 Å². The normalized spacial score (nSPS) is 16.0. The Morgan fingerprint density at radius 3 is 2.56 bits per heavy atom. The summed E-state index contributed by atoms with van der Waals surface area (Å²) in [5.41, 5.74) is 1.38. The van der Waals surface area contributed by atoms with Crippen LogP contribution in [0.25, 0.3) is 0 Å². The van der Waals surface area contributed by atoms with Crippen molar-refractivity contribution in [1.29, 1.82) is 0 Å². The highest BCUT2D eigenvalue weighted by Crippen LogP contribution is 2.16. The molecule has 0 radical (unpaired) electrons. The summed E-state index contributed by atoms with van der Waals surface area (Å²) in [7, 11) is 0. The van der Waals surface area contributed by atoms with Gasteiger partial charge in [-0.3, -0.25) is 9.89 Å². The third kappa shape index (κ3) is 10.1. The maximum Gasteiger partial charge on any atom is 0.191 e. The molecule has 27 heavy (non-hydrogen) atoms. The van der Waals surface area contributed by atoms with Gasteiger partial charge in [-0.2, -0.15) is 0 Å². The van der Waals surface area contributed by atoms with Crippen LogP contribution in [0.1, 0.15) is 38.7 Å².